The highest BCUT2D eigenvalue weighted by molar-refractivity contribution is 5.95. The number of carbonyl (C=O) groups is 2. The molecule has 0 radical (unpaired) electrons. The Labute approximate surface area is 170 Å². The monoisotopic (exact) mass is 397 g/mol. The molecule has 0 unspecified atom stereocenters. The number of piperazine rings is 1. The van der Waals surface area contributed by atoms with Gasteiger partial charge < -0.3 is 19.9 Å². The average Bonchev–Trinajstić information content (AvgIpc) is 3.19. The van der Waals surface area contributed by atoms with Crippen molar-refractivity contribution < 1.29 is 14.3 Å². The Kier molecular flexibility index (Phi) is 5.69. The summed E-state index contributed by atoms with van der Waals surface area (Å²) in [6.07, 6.45) is 4.83. The Morgan fingerprint density at radius 3 is 2.48 bits per heavy atom. The summed E-state index contributed by atoms with van der Waals surface area (Å²) in [4.78, 5) is 29.0. The van der Waals surface area contributed by atoms with E-state index in [-0.39, 0.29) is 11.9 Å². The highest BCUT2D eigenvalue weighted by atomic mass is 16.5. The Hall–Kier alpha value is -3.03. The van der Waals surface area contributed by atoms with Crippen LogP contribution in [-0.4, -0.2) is 64.3 Å². The fourth-order valence-corrected chi connectivity index (χ4v) is 3.89. The summed E-state index contributed by atoms with van der Waals surface area (Å²) >= 11 is 0. The first kappa shape index (κ1) is 19.3. The van der Waals surface area contributed by atoms with Crippen molar-refractivity contribution in [3.05, 3.63) is 41.7 Å². The van der Waals surface area contributed by atoms with Crippen LogP contribution in [0.1, 0.15) is 35.8 Å². The number of rotatable bonds is 4. The van der Waals surface area contributed by atoms with Gasteiger partial charge in [0, 0.05) is 38.4 Å². The summed E-state index contributed by atoms with van der Waals surface area (Å²) < 4.78 is 7.37. The zero-order valence-electron chi connectivity index (χ0n) is 16.8. The lowest BCUT2D eigenvalue weighted by molar-refractivity contribution is 0.0670. The Balaban J connectivity index is 1.31. The molecule has 0 saturated carbocycles. The van der Waals surface area contributed by atoms with E-state index in [1.54, 1.807) is 11.1 Å². The number of ether oxygens (including phenoxy) is 1. The SMILES string of the molecule is CCOc1ccc(NC(=O)N2CCN(C(=O)c3cnn4c3CCCC4)CC2)cc1. The zero-order valence-corrected chi connectivity index (χ0v) is 16.8. The molecule has 8 heteroatoms. The molecule has 2 aromatic rings. The Morgan fingerprint density at radius 2 is 1.76 bits per heavy atom. The molecule has 154 valence electrons. The first-order valence-electron chi connectivity index (χ1n) is 10.3. The number of hydrogen-bond acceptors (Lipinski definition) is 4. The minimum absolute atomic E-state index is 0.0275. The molecule has 1 aromatic carbocycles. The highest BCUT2D eigenvalue weighted by Gasteiger charge is 2.28. The molecule has 1 fully saturated rings. The number of fused-ring (bicyclic) bond motifs is 1. The normalized spacial score (nSPS) is 16.3. The predicted molar refractivity (Wildman–Crippen MR) is 109 cm³/mol. The third-order valence-electron chi connectivity index (χ3n) is 5.48. The second-order valence-corrected chi connectivity index (χ2v) is 7.35. The summed E-state index contributed by atoms with van der Waals surface area (Å²) in [5.74, 6) is 0.805. The lowest BCUT2D eigenvalue weighted by Gasteiger charge is -2.34. The van der Waals surface area contributed by atoms with Crippen molar-refractivity contribution >= 4 is 17.6 Å². The molecule has 1 N–H and O–H groups in total. The third-order valence-corrected chi connectivity index (χ3v) is 5.48. The van der Waals surface area contributed by atoms with Crippen LogP contribution in [0.15, 0.2) is 30.5 Å². The molecule has 2 aliphatic rings. The summed E-state index contributed by atoms with van der Waals surface area (Å²) in [6.45, 7) is 5.51. The van der Waals surface area contributed by atoms with Gasteiger partial charge in [-0.3, -0.25) is 9.48 Å². The van der Waals surface area contributed by atoms with Crippen LogP contribution in [0.4, 0.5) is 10.5 Å². The van der Waals surface area contributed by atoms with Gasteiger partial charge in [0.05, 0.1) is 24.1 Å². The van der Waals surface area contributed by atoms with Crippen molar-refractivity contribution in [2.75, 3.05) is 38.1 Å². The topological polar surface area (TPSA) is 79.7 Å². The highest BCUT2D eigenvalue weighted by Crippen LogP contribution is 2.21. The van der Waals surface area contributed by atoms with Gasteiger partial charge in [0.1, 0.15) is 5.75 Å². The minimum atomic E-state index is -0.149. The maximum Gasteiger partial charge on any atom is 0.321 e. The van der Waals surface area contributed by atoms with Crippen LogP contribution in [0.3, 0.4) is 0 Å². The van der Waals surface area contributed by atoms with Crippen LogP contribution in [-0.2, 0) is 13.0 Å². The van der Waals surface area contributed by atoms with E-state index in [0.29, 0.717) is 32.8 Å². The lowest BCUT2D eigenvalue weighted by atomic mass is 10.1. The van der Waals surface area contributed by atoms with Crippen molar-refractivity contribution in [2.45, 2.75) is 32.7 Å². The molecule has 3 heterocycles. The second kappa shape index (κ2) is 8.55. The molecule has 0 bridgehead atoms. The van der Waals surface area contributed by atoms with Crippen LogP contribution < -0.4 is 10.1 Å². The number of aryl methyl sites for hydroxylation is 1. The number of amides is 3. The zero-order chi connectivity index (χ0) is 20.2. The van der Waals surface area contributed by atoms with Gasteiger partial charge in [0.2, 0.25) is 0 Å². The van der Waals surface area contributed by atoms with E-state index < -0.39 is 0 Å². The van der Waals surface area contributed by atoms with Crippen molar-refractivity contribution in [1.82, 2.24) is 19.6 Å². The molecule has 8 nitrogen and oxygen atoms in total. The van der Waals surface area contributed by atoms with Gasteiger partial charge in [-0.05, 0) is 50.5 Å². The second-order valence-electron chi connectivity index (χ2n) is 7.35. The lowest BCUT2D eigenvalue weighted by Crippen LogP contribution is -2.51. The number of urea groups is 1. The molecule has 1 aromatic heterocycles. The number of aromatic nitrogens is 2. The molecule has 0 spiro atoms. The largest absolute Gasteiger partial charge is 0.494 e. The Morgan fingerprint density at radius 1 is 1.03 bits per heavy atom. The number of nitrogens with one attached hydrogen (secondary N) is 1. The predicted octanol–water partition coefficient (Wildman–Crippen LogP) is 2.61. The maximum atomic E-state index is 12.9. The van der Waals surface area contributed by atoms with E-state index in [9.17, 15) is 9.59 Å². The Bertz CT molecular complexity index is 869. The molecule has 0 atom stereocenters. The van der Waals surface area contributed by atoms with Gasteiger partial charge >= 0.3 is 6.03 Å². The van der Waals surface area contributed by atoms with Crippen LogP contribution >= 0.6 is 0 Å². The molecular weight excluding hydrogens is 370 g/mol. The van der Waals surface area contributed by atoms with Gasteiger partial charge in [0.25, 0.3) is 5.91 Å². The number of anilines is 1. The van der Waals surface area contributed by atoms with Gasteiger partial charge in [-0.25, -0.2) is 4.79 Å². The van der Waals surface area contributed by atoms with Crippen molar-refractivity contribution in [1.29, 1.82) is 0 Å². The van der Waals surface area contributed by atoms with E-state index in [1.807, 2.05) is 40.8 Å². The van der Waals surface area contributed by atoms with Crippen LogP contribution in [0.5, 0.6) is 5.75 Å². The summed E-state index contributed by atoms with van der Waals surface area (Å²) in [5, 5.41) is 7.27. The first-order chi connectivity index (χ1) is 14.2. The van der Waals surface area contributed by atoms with E-state index in [1.165, 1.54) is 0 Å². The van der Waals surface area contributed by atoms with Crippen molar-refractivity contribution in [3.8, 4) is 5.75 Å². The summed E-state index contributed by atoms with van der Waals surface area (Å²) in [5.41, 5.74) is 2.50. The van der Waals surface area contributed by atoms with E-state index >= 15 is 0 Å². The third kappa shape index (κ3) is 4.21. The van der Waals surface area contributed by atoms with Crippen LogP contribution in [0.25, 0.3) is 0 Å². The van der Waals surface area contributed by atoms with Gasteiger partial charge in [-0.1, -0.05) is 0 Å². The molecule has 4 rings (SSSR count). The van der Waals surface area contributed by atoms with Crippen LogP contribution in [0.2, 0.25) is 0 Å². The summed E-state index contributed by atoms with van der Waals surface area (Å²) in [7, 11) is 0. The first-order valence-corrected chi connectivity index (χ1v) is 10.3. The van der Waals surface area contributed by atoms with Gasteiger partial charge in [-0.2, -0.15) is 5.10 Å². The van der Waals surface area contributed by atoms with Gasteiger partial charge in [-0.15, -0.1) is 0 Å². The number of nitrogens with zero attached hydrogens (tertiary/aromatic N) is 4. The van der Waals surface area contributed by atoms with Crippen LogP contribution in [0, 0.1) is 0 Å². The number of benzene rings is 1. The van der Waals surface area contributed by atoms with Crippen molar-refractivity contribution in [3.63, 3.8) is 0 Å². The summed E-state index contributed by atoms with van der Waals surface area (Å²) in [6, 6.07) is 7.17. The average molecular weight is 397 g/mol. The molecule has 1 saturated heterocycles. The molecule has 29 heavy (non-hydrogen) atoms. The molecule has 0 aliphatic carbocycles. The molecule has 2 aliphatic heterocycles. The molecular formula is C21H27N5O3. The van der Waals surface area contributed by atoms with Crippen molar-refractivity contribution in [2.24, 2.45) is 0 Å². The maximum absolute atomic E-state index is 12.9. The number of hydrogen-bond donors (Lipinski definition) is 1. The van der Waals surface area contributed by atoms with E-state index in [0.717, 1.165) is 48.5 Å². The van der Waals surface area contributed by atoms with E-state index in [2.05, 4.69) is 10.4 Å². The fraction of sp³-hybridized carbons (Fsp3) is 0.476. The fourth-order valence-electron chi connectivity index (χ4n) is 3.89. The minimum Gasteiger partial charge on any atom is -0.494 e. The van der Waals surface area contributed by atoms with E-state index in [4.69, 9.17) is 4.74 Å². The smallest absolute Gasteiger partial charge is 0.321 e. The van der Waals surface area contributed by atoms with Gasteiger partial charge in [0.15, 0.2) is 0 Å². The number of carbonyl (C=O) groups excluding carboxylic acids is 2. The standard InChI is InChI=1S/C21H27N5O3/c1-2-29-17-8-6-16(7-9-17)23-21(28)25-13-11-24(12-14-25)20(27)18-15-22-26-10-4-3-5-19(18)26/h6-9,15H,2-5,10-14H2,1H3,(H,23,28). The quantitative estimate of drug-likeness (QED) is 0.860. The molecule has 3 amide bonds.